The Morgan fingerprint density at radius 1 is 1.55 bits per heavy atom. The summed E-state index contributed by atoms with van der Waals surface area (Å²) in [7, 11) is 0. The van der Waals surface area contributed by atoms with Crippen molar-refractivity contribution in [2.45, 2.75) is 51.5 Å². The molecule has 0 bridgehead atoms. The van der Waals surface area contributed by atoms with Crippen LogP contribution in [0, 0.1) is 5.92 Å². The summed E-state index contributed by atoms with van der Waals surface area (Å²) < 4.78 is 0. The van der Waals surface area contributed by atoms with Crippen molar-refractivity contribution in [3.05, 3.63) is 0 Å². The van der Waals surface area contributed by atoms with E-state index in [0.29, 0.717) is 6.04 Å². The van der Waals surface area contributed by atoms with E-state index < -0.39 is 0 Å². The van der Waals surface area contributed by atoms with Crippen molar-refractivity contribution in [1.82, 2.24) is 5.43 Å². The highest BCUT2D eigenvalue weighted by molar-refractivity contribution is 4.78. The molecule has 0 spiro atoms. The van der Waals surface area contributed by atoms with E-state index in [1.165, 1.54) is 38.5 Å². The second kappa shape index (κ2) is 4.73. The molecule has 66 valence electrons. The first-order valence-electron chi connectivity index (χ1n) is 4.83. The molecule has 1 saturated carbocycles. The van der Waals surface area contributed by atoms with E-state index in [9.17, 15) is 0 Å². The molecule has 1 aliphatic carbocycles. The van der Waals surface area contributed by atoms with Crippen molar-refractivity contribution < 1.29 is 0 Å². The molecule has 2 nitrogen and oxygen atoms in total. The highest BCUT2D eigenvalue weighted by Crippen LogP contribution is 2.34. The van der Waals surface area contributed by atoms with E-state index in [4.69, 9.17) is 5.84 Å². The number of nitrogens with two attached hydrogens (primary N) is 1. The molecule has 3 N–H and O–H groups in total. The van der Waals surface area contributed by atoms with Crippen molar-refractivity contribution in [3.63, 3.8) is 0 Å². The molecule has 0 saturated heterocycles. The van der Waals surface area contributed by atoms with Crippen molar-refractivity contribution in [2.24, 2.45) is 11.8 Å². The van der Waals surface area contributed by atoms with Crippen molar-refractivity contribution in [1.29, 1.82) is 0 Å². The Morgan fingerprint density at radius 3 is 2.73 bits per heavy atom. The quantitative estimate of drug-likeness (QED) is 0.454. The van der Waals surface area contributed by atoms with E-state index in [0.717, 1.165) is 5.92 Å². The third kappa shape index (κ3) is 3.73. The highest BCUT2D eigenvalue weighted by Gasteiger charge is 2.24. The van der Waals surface area contributed by atoms with Gasteiger partial charge in [-0.15, -0.1) is 0 Å². The molecular weight excluding hydrogens is 136 g/mol. The Hall–Kier alpha value is -0.0800. The summed E-state index contributed by atoms with van der Waals surface area (Å²) in [5, 5.41) is 0. The molecule has 1 atom stereocenters. The largest absolute Gasteiger partial charge is 0.271 e. The Balaban J connectivity index is 2.02. The van der Waals surface area contributed by atoms with Crippen LogP contribution in [0.25, 0.3) is 0 Å². The average Bonchev–Trinajstić information content (AvgIpc) is 2.81. The van der Waals surface area contributed by atoms with Gasteiger partial charge in [0.2, 0.25) is 0 Å². The van der Waals surface area contributed by atoms with Gasteiger partial charge in [0.15, 0.2) is 0 Å². The van der Waals surface area contributed by atoms with Crippen LogP contribution in [0.1, 0.15) is 45.4 Å². The molecule has 1 unspecified atom stereocenters. The van der Waals surface area contributed by atoms with Crippen LogP contribution in [-0.2, 0) is 0 Å². The molecule has 11 heavy (non-hydrogen) atoms. The number of hydrazine groups is 1. The van der Waals surface area contributed by atoms with Gasteiger partial charge < -0.3 is 0 Å². The third-order valence-corrected chi connectivity index (χ3v) is 2.46. The van der Waals surface area contributed by atoms with E-state index >= 15 is 0 Å². The maximum atomic E-state index is 5.44. The van der Waals surface area contributed by atoms with Gasteiger partial charge in [0, 0.05) is 6.04 Å². The molecule has 0 aromatic rings. The molecule has 0 aromatic heterocycles. The number of rotatable bonds is 6. The van der Waals surface area contributed by atoms with Gasteiger partial charge in [-0.3, -0.25) is 11.3 Å². The molecular formula is C9H20N2. The zero-order chi connectivity index (χ0) is 8.10. The van der Waals surface area contributed by atoms with Crippen LogP contribution in [0.15, 0.2) is 0 Å². The summed E-state index contributed by atoms with van der Waals surface area (Å²) in [6, 6.07) is 0.586. The lowest BCUT2D eigenvalue weighted by molar-refractivity contribution is 0.429. The number of hydrogen-bond donors (Lipinski definition) is 2. The molecule has 0 amide bonds. The predicted molar refractivity (Wildman–Crippen MR) is 48.0 cm³/mol. The Bertz CT molecular complexity index is 99.7. The maximum absolute atomic E-state index is 5.44. The molecule has 1 rings (SSSR count). The highest BCUT2D eigenvalue weighted by atomic mass is 15.2. The van der Waals surface area contributed by atoms with Crippen molar-refractivity contribution in [2.75, 3.05) is 0 Å². The van der Waals surface area contributed by atoms with Crippen LogP contribution < -0.4 is 11.3 Å². The van der Waals surface area contributed by atoms with Gasteiger partial charge in [-0.1, -0.05) is 32.6 Å². The van der Waals surface area contributed by atoms with E-state index in [2.05, 4.69) is 12.3 Å². The zero-order valence-electron chi connectivity index (χ0n) is 7.47. The molecule has 0 radical (unpaired) electrons. The fraction of sp³-hybridized carbons (Fsp3) is 1.00. The van der Waals surface area contributed by atoms with Gasteiger partial charge in [0.1, 0.15) is 0 Å². The SMILES string of the molecule is CCCCC(CC1CC1)NN. The first kappa shape index (κ1) is 9.01. The lowest BCUT2D eigenvalue weighted by atomic mass is 10.0. The number of hydrogen-bond acceptors (Lipinski definition) is 2. The minimum atomic E-state index is 0.586. The molecule has 0 aromatic carbocycles. The Labute approximate surface area is 69.5 Å². The van der Waals surface area contributed by atoms with E-state index in [1.54, 1.807) is 0 Å². The summed E-state index contributed by atoms with van der Waals surface area (Å²) in [5.41, 5.74) is 2.91. The van der Waals surface area contributed by atoms with Crippen LogP contribution in [0.3, 0.4) is 0 Å². The fourth-order valence-corrected chi connectivity index (χ4v) is 1.48. The first-order chi connectivity index (χ1) is 5.36. The monoisotopic (exact) mass is 156 g/mol. The fourth-order valence-electron chi connectivity index (χ4n) is 1.48. The number of unbranched alkanes of at least 4 members (excludes halogenated alkanes) is 1. The summed E-state index contributed by atoms with van der Waals surface area (Å²) >= 11 is 0. The third-order valence-electron chi connectivity index (χ3n) is 2.46. The van der Waals surface area contributed by atoms with Gasteiger partial charge in [0.05, 0.1) is 0 Å². The minimum Gasteiger partial charge on any atom is -0.271 e. The van der Waals surface area contributed by atoms with Crippen LogP contribution in [0.5, 0.6) is 0 Å². The lowest BCUT2D eigenvalue weighted by Crippen LogP contribution is -2.35. The Morgan fingerprint density at radius 2 is 2.27 bits per heavy atom. The molecule has 1 aliphatic rings. The molecule has 1 fully saturated rings. The average molecular weight is 156 g/mol. The van der Waals surface area contributed by atoms with Crippen molar-refractivity contribution >= 4 is 0 Å². The van der Waals surface area contributed by atoms with Crippen LogP contribution >= 0.6 is 0 Å². The zero-order valence-corrected chi connectivity index (χ0v) is 7.47. The van der Waals surface area contributed by atoms with E-state index in [-0.39, 0.29) is 0 Å². The number of nitrogens with one attached hydrogen (secondary N) is 1. The van der Waals surface area contributed by atoms with Gasteiger partial charge in [0.25, 0.3) is 0 Å². The standard InChI is InChI=1S/C9H20N2/c1-2-3-4-9(11-10)7-8-5-6-8/h8-9,11H,2-7,10H2,1H3. The Kier molecular flexibility index (Phi) is 3.87. The molecule has 0 heterocycles. The van der Waals surface area contributed by atoms with Crippen LogP contribution in [0.4, 0.5) is 0 Å². The van der Waals surface area contributed by atoms with Gasteiger partial charge >= 0.3 is 0 Å². The minimum absolute atomic E-state index is 0.586. The smallest absolute Gasteiger partial charge is 0.0213 e. The molecule has 0 aliphatic heterocycles. The second-order valence-corrected chi connectivity index (χ2v) is 3.68. The van der Waals surface area contributed by atoms with Gasteiger partial charge in [-0.2, -0.15) is 0 Å². The normalized spacial score (nSPS) is 20.2. The van der Waals surface area contributed by atoms with Crippen LogP contribution in [-0.4, -0.2) is 6.04 Å². The predicted octanol–water partition coefficient (Wildman–Crippen LogP) is 1.81. The summed E-state index contributed by atoms with van der Waals surface area (Å²) in [4.78, 5) is 0. The second-order valence-electron chi connectivity index (χ2n) is 3.68. The van der Waals surface area contributed by atoms with Gasteiger partial charge in [-0.25, -0.2) is 0 Å². The van der Waals surface area contributed by atoms with Crippen molar-refractivity contribution in [3.8, 4) is 0 Å². The topological polar surface area (TPSA) is 38.0 Å². The first-order valence-corrected chi connectivity index (χ1v) is 4.83. The summed E-state index contributed by atoms with van der Waals surface area (Å²) in [6.45, 7) is 2.23. The summed E-state index contributed by atoms with van der Waals surface area (Å²) in [5.74, 6) is 6.43. The van der Waals surface area contributed by atoms with Crippen LogP contribution in [0.2, 0.25) is 0 Å². The molecule has 2 heteroatoms. The van der Waals surface area contributed by atoms with Gasteiger partial charge in [-0.05, 0) is 18.8 Å². The van der Waals surface area contributed by atoms with E-state index in [1.807, 2.05) is 0 Å². The lowest BCUT2D eigenvalue weighted by Gasteiger charge is -2.14. The summed E-state index contributed by atoms with van der Waals surface area (Å²) in [6.07, 6.45) is 8.01. The maximum Gasteiger partial charge on any atom is 0.0213 e.